The molecular formula is C32H33NO4. The third kappa shape index (κ3) is 5.17. The van der Waals surface area contributed by atoms with Crippen LogP contribution in [0.2, 0.25) is 0 Å². The van der Waals surface area contributed by atoms with Crippen molar-refractivity contribution in [2.75, 3.05) is 33.5 Å². The summed E-state index contributed by atoms with van der Waals surface area (Å²) in [6.07, 6.45) is -0.407. The van der Waals surface area contributed by atoms with Gasteiger partial charge in [-0.15, -0.1) is 0 Å². The molecule has 0 unspecified atom stereocenters. The van der Waals surface area contributed by atoms with E-state index < -0.39 is 17.3 Å². The lowest BCUT2D eigenvalue weighted by Crippen LogP contribution is -2.49. The van der Waals surface area contributed by atoms with E-state index in [-0.39, 0.29) is 0 Å². The van der Waals surface area contributed by atoms with Gasteiger partial charge in [-0.05, 0) is 28.8 Å². The van der Waals surface area contributed by atoms with Crippen molar-refractivity contribution < 1.29 is 18.9 Å². The average Bonchev–Trinajstić information content (AvgIpc) is 2.99. The second kappa shape index (κ2) is 11.3. The van der Waals surface area contributed by atoms with Crippen molar-refractivity contribution in [2.24, 2.45) is 11.1 Å². The van der Waals surface area contributed by atoms with Crippen LogP contribution >= 0.6 is 0 Å². The molecule has 5 rings (SSSR count). The maximum atomic E-state index is 7.06. The van der Waals surface area contributed by atoms with Gasteiger partial charge in [-0.1, -0.05) is 103 Å². The molecule has 2 N–H and O–H groups in total. The van der Waals surface area contributed by atoms with E-state index in [1.54, 1.807) is 7.11 Å². The third-order valence-electron chi connectivity index (χ3n) is 7.04. The molecule has 1 saturated heterocycles. The van der Waals surface area contributed by atoms with E-state index in [9.17, 15) is 0 Å². The van der Waals surface area contributed by atoms with Crippen LogP contribution < -0.4 is 10.5 Å². The molecule has 1 heterocycles. The Labute approximate surface area is 218 Å². The summed E-state index contributed by atoms with van der Waals surface area (Å²) in [5.41, 5.74) is 9.03. The molecule has 0 radical (unpaired) electrons. The summed E-state index contributed by atoms with van der Waals surface area (Å²) in [6, 6.07) is 38.6. The van der Waals surface area contributed by atoms with Gasteiger partial charge in [0.25, 0.3) is 0 Å². The Kier molecular flexibility index (Phi) is 7.68. The highest BCUT2D eigenvalue weighted by Gasteiger charge is 2.43. The molecule has 5 nitrogen and oxygen atoms in total. The van der Waals surface area contributed by atoms with E-state index in [0.29, 0.717) is 26.4 Å². The van der Waals surface area contributed by atoms with Crippen LogP contribution in [-0.2, 0) is 19.8 Å². The fraction of sp³-hybridized carbons (Fsp3) is 0.250. The van der Waals surface area contributed by atoms with Crippen LogP contribution in [0.4, 0.5) is 0 Å². The first-order chi connectivity index (χ1) is 18.2. The zero-order valence-electron chi connectivity index (χ0n) is 21.1. The second-order valence-electron chi connectivity index (χ2n) is 9.50. The number of benzene rings is 4. The first-order valence-electron chi connectivity index (χ1n) is 12.6. The fourth-order valence-electron chi connectivity index (χ4n) is 4.84. The highest BCUT2D eigenvalue weighted by molar-refractivity contribution is 5.48. The number of rotatable bonds is 9. The smallest absolute Gasteiger partial charge is 0.183 e. The van der Waals surface area contributed by atoms with Gasteiger partial charge < -0.3 is 24.7 Å². The van der Waals surface area contributed by atoms with E-state index in [0.717, 1.165) is 28.0 Å². The number of hydrogen-bond acceptors (Lipinski definition) is 5. The fourth-order valence-corrected chi connectivity index (χ4v) is 4.84. The molecular weight excluding hydrogens is 462 g/mol. The zero-order valence-corrected chi connectivity index (χ0v) is 21.1. The first-order valence-corrected chi connectivity index (χ1v) is 12.6. The Morgan fingerprint density at radius 2 is 1.22 bits per heavy atom. The minimum atomic E-state index is -0.868. The molecule has 4 aromatic rings. The maximum absolute atomic E-state index is 7.06. The quantitative estimate of drug-likeness (QED) is 0.302. The summed E-state index contributed by atoms with van der Waals surface area (Å²) in [5, 5.41) is 0. The average molecular weight is 496 g/mol. The Morgan fingerprint density at radius 3 is 1.70 bits per heavy atom. The second-order valence-corrected chi connectivity index (χ2v) is 9.50. The van der Waals surface area contributed by atoms with Crippen LogP contribution in [0.1, 0.15) is 28.5 Å². The highest BCUT2D eigenvalue weighted by atomic mass is 16.7. The summed E-state index contributed by atoms with van der Waals surface area (Å²) in [4.78, 5) is 0. The first kappa shape index (κ1) is 25.2. The van der Waals surface area contributed by atoms with Gasteiger partial charge >= 0.3 is 0 Å². The van der Waals surface area contributed by atoms with Gasteiger partial charge in [-0.3, -0.25) is 0 Å². The van der Waals surface area contributed by atoms with Crippen LogP contribution in [0, 0.1) is 5.41 Å². The van der Waals surface area contributed by atoms with Gasteiger partial charge in [0.2, 0.25) is 0 Å². The van der Waals surface area contributed by atoms with Crippen molar-refractivity contribution in [1.82, 2.24) is 0 Å². The molecule has 0 saturated carbocycles. The third-order valence-corrected chi connectivity index (χ3v) is 7.04. The van der Waals surface area contributed by atoms with Gasteiger partial charge in [0.05, 0.1) is 32.3 Å². The number of methoxy groups -OCH3 is 1. The summed E-state index contributed by atoms with van der Waals surface area (Å²) >= 11 is 0. The maximum Gasteiger partial charge on any atom is 0.183 e. The van der Waals surface area contributed by atoms with Gasteiger partial charge in [-0.25, -0.2) is 0 Å². The topological polar surface area (TPSA) is 62.9 Å². The lowest BCUT2D eigenvalue weighted by atomic mass is 9.79. The summed E-state index contributed by atoms with van der Waals surface area (Å²) in [7, 11) is 1.67. The van der Waals surface area contributed by atoms with Crippen molar-refractivity contribution in [3.8, 4) is 5.75 Å². The molecule has 0 amide bonds. The van der Waals surface area contributed by atoms with E-state index in [2.05, 4.69) is 36.4 Å². The lowest BCUT2D eigenvalue weighted by Gasteiger charge is -2.43. The Bertz CT molecular complexity index is 1200. The van der Waals surface area contributed by atoms with Crippen molar-refractivity contribution >= 4 is 0 Å². The van der Waals surface area contributed by atoms with Gasteiger partial charge in [0, 0.05) is 12.1 Å². The number of ether oxygens (including phenoxy) is 4. The summed E-state index contributed by atoms with van der Waals surface area (Å²) < 4.78 is 24.9. The molecule has 0 bridgehead atoms. The summed E-state index contributed by atoms with van der Waals surface area (Å²) in [6.45, 7) is 1.59. The minimum absolute atomic E-state index is 0.348. The zero-order chi connectivity index (χ0) is 25.6. The van der Waals surface area contributed by atoms with E-state index >= 15 is 0 Å². The standard InChI is InChI=1S/C32H33NO4/c1-34-29-19-17-28(18-20-29)32(26-13-7-3-8-14-26,27-15-9-4-10-16-27)37-24-31(21-33)22-35-30(36-23-31)25-11-5-2-6-12-25/h2-20,30H,21-24,33H2,1H3. The van der Waals surface area contributed by atoms with Crippen LogP contribution in [0.3, 0.4) is 0 Å². The molecule has 0 aromatic heterocycles. The van der Waals surface area contributed by atoms with Crippen LogP contribution in [-0.4, -0.2) is 33.5 Å². The van der Waals surface area contributed by atoms with Crippen LogP contribution in [0.15, 0.2) is 115 Å². The normalized spacial score (nSPS) is 19.9. The molecule has 4 aromatic carbocycles. The predicted octanol–water partition coefficient (Wildman–Crippen LogP) is 5.69. The minimum Gasteiger partial charge on any atom is -0.497 e. The molecule has 1 aliphatic rings. The van der Waals surface area contributed by atoms with Gasteiger partial charge in [-0.2, -0.15) is 0 Å². The number of nitrogens with two attached hydrogens (primary N) is 1. The largest absolute Gasteiger partial charge is 0.497 e. The van der Waals surface area contributed by atoms with Crippen LogP contribution in [0.25, 0.3) is 0 Å². The van der Waals surface area contributed by atoms with Crippen molar-refractivity contribution in [1.29, 1.82) is 0 Å². The molecule has 0 spiro atoms. The molecule has 0 atom stereocenters. The van der Waals surface area contributed by atoms with Crippen molar-refractivity contribution in [2.45, 2.75) is 11.9 Å². The highest BCUT2D eigenvalue weighted by Crippen LogP contribution is 2.43. The SMILES string of the molecule is COc1ccc(C(OCC2(CN)COC(c3ccccc3)OC2)(c2ccccc2)c2ccccc2)cc1. The van der Waals surface area contributed by atoms with E-state index in [1.807, 2.05) is 78.9 Å². The molecule has 1 aliphatic heterocycles. The Hall–Kier alpha value is -3.48. The van der Waals surface area contributed by atoms with Gasteiger partial charge in [0.1, 0.15) is 11.4 Å². The van der Waals surface area contributed by atoms with Crippen molar-refractivity contribution in [3.63, 3.8) is 0 Å². The monoisotopic (exact) mass is 495 g/mol. The Morgan fingerprint density at radius 1 is 0.730 bits per heavy atom. The number of hydrogen-bond donors (Lipinski definition) is 1. The molecule has 1 fully saturated rings. The molecule has 0 aliphatic carbocycles. The summed E-state index contributed by atoms with van der Waals surface area (Å²) in [5.74, 6) is 0.790. The van der Waals surface area contributed by atoms with Crippen LogP contribution in [0.5, 0.6) is 5.75 Å². The molecule has 5 heteroatoms. The Balaban J connectivity index is 1.50. The van der Waals surface area contributed by atoms with Crippen molar-refractivity contribution in [3.05, 3.63) is 138 Å². The molecule has 37 heavy (non-hydrogen) atoms. The van der Waals surface area contributed by atoms with E-state index in [4.69, 9.17) is 24.7 Å². The van der Waals surface area contributed by atoms with E-state index in [1.165, 1.54) is 0 Å². The predicted molar refractivity (Wildman–Crippen MR) is 144 cm³/mol. The molecule has 190 valence electrons. The van der Waals surface area contributed by atoms with Gasteiger partial charge in [0.15, 0.2) is 6.29 Å². The lowest BCUT2D eigenvalue weighted by molar-refractivity contribution is -0.246.